The van der Waals surface area contributed by atoms with Crippen LogP contribution in [-0.2, 0) is 0 Å². The van der Waals surface area contributed by atoms with Gasteiger partial charge in [-0.2, -0.15) is 5.10 Å². The van der Waals surface area contributed by atoms with Crippen LogP contribution in [0.1, 0.15) is 5.56 Å². The zero-order valence-corrected chi connectivity index (χ0v) is 8.27. The molecule has 1 N–H and O–H groups in total. The summed E-state index contributed by atoms with van der Waals surface area (Å²) < 4.78 is 13.2. The van der Waals surface area contributed by atoms with Gasteiger partial charge in [-0.1, -0.05) is 23.7 Å². The summed E-state index contributed by atoms with van der Waals surface area (Å²) in [6.07, 6.45) is 1.49. The molecule has 0 unspecified atom stereocenters. The van der Waals surface area contributed by atoms with Gasteiger partial charge in [-0.3, -0.25) is 5.10 Å². The van der Waals surface area contributed by atoms with Gasteiger partial charge >= 0.3 is 0 Å². The van der Waals surface area contributed by atoms with Gasteiger partial charge in [-0.25, -0.2) is 4.39 Å². The minimum Gasteiger partial charge on any atom is -0.276 e. The van der Waals surface area contributed by atoms with E-state index in [1.54, 1.807) is 19.1 Å². The molecule has 2 rings (SSSR count). The van der Waals surface area contributed by atoms with E-state index in [4.69, 9.17) is 11.6 Å². The molecule has 0 saturated heterocycles. The summed E-state index contributed by atoms with van der Waals surface area (Å²) in [6, 6.07) is 4.95. The largest absolute Gasteiger partial charge is 0.276 e. The van der Waals surface area contributed by atoms with E-state index in [1.807, 2.05) is 0 Å². The predicted octanol–water partition coefficient (Wildman–Crippen LogP) is 3.18. The maximum absolute atomic E-state index is 13.2. The van der Waals surface area contributed by atoms with Crippen molar-refractivity contribution < 1.29 is 4.39 Å². The molecule has 0 aliphatic rings. The molecule has 0 saturated carbocycles. The molecule has 0 aliphatic heterocycles. The average Bonchev–Trinajstić information content (AvgIpc) is 2.57. The first-order chi connectivity index (χ1) is 6.68. The fourth-order valence-corrected chi connectivity index (χ4v) is 1.42. The lowest BCUT2D eigenvalue weighted by Crippen LogP contribution is -1.85. The van der Waals surface area contributed by atoms with Gasteiger partial charge in [0, 0.05) is 5.56 Å². The topological polar surface area (TPSA) is 28.7 Å². The van der Waals surface area contributed by atoms with Gasteiger partial charge in [-0.05, 0) is 18.6 Å². The number of aromatic amines is 1. The molecular formula is C10H8ClFN2. The lowest BCUT2D eigenvalue weighted by molar-refractivity contribution is 0.619. The number of hydrogen-bond donors (Lipinski definition) is 1. The number of nitrogens with one attached hydrogen (secondary N) is 1. The normalized spacial score (nSPS) is 10.5. The Morgan fingerprint density at radius 2 is 2.21 bits per heavy atom. The highest BCUT2D eigenvalue weighted by Gasteiger charge is 2.07. The van der Waals surface area contributed by atoms with E-state index < -0.39 is 0 Å². The summed E-state index contributed by atoms with van der Waals surface area (Å²) in [6.45, 7) is 1.72. The Hall–Kier alpha value is -1.35. The maximum Gasteiger partial charge on any atom is 0.126 e. The summed E-state index contributed by atoms with van der Waals surface area (Å²) >= 11 is 5.85. The molecule has 14 heavy (non-hydrogen) atoms. The number of rotatable bonds is 1. The lowest BCUT2D eigenvalue weighted by Gasteiger charge is -2.00. The molecule has 0 aliphatic carbocycles. The zero-order chi connectivity index (χ0) is 10.1. The molecule has 0 atom stereocenters. The van der Waals surface area contributed by atoms with Gasteiger partial charge in [0.05, 0.1) is 16.9 Å². The summed E-state index contributed by atoms with van der Waals surface area (Å²) in [5.41, 5.74) is 1.96. The molecule has 1 aromatic carbocycles. The van der Waals surface area contributed by atoms with Crippen LogP contribution in [0, 0.1) is 12.7 Å². The third-order valence-corrected chi connectivity index (χ3v) is 2.34. The van der Waals surface area contributed by atoms with Crippen molar-refractivity contribution in [3.8, 4) is 11.3 Å². The van der Waals surface area contributed by atoms with E-state index in [0.29, 0.717) is 21.8 Å². The molecule has 2 aromatic rings. The van der Waals surface area contributed by atoms with Crippen LogP contribution in [-0.4, -0.2) is 10.2 Å². The SMILES string of the molecule is Cc1ccc(-c2[nH]ncc2Cl)cc1F. The highest BCUT2D eigenvalue weighted by molar-refractivity contribution is 6.32. The third-order valence-electron chi connectivity index (χ3n) is 2.05. The number of halogens is 2. The summed E-state index contributed by atoms with van der Waals surface area (Å²) in [7, 11) is 0. The first kappa shape index (κ1) is 9.21. The highest BCUT2D eigenvalue weighted by Crippen LogP contribution is 2.26. The van der Waals surface area contributed by atoms with Crippen molar-refractivity contribution in [1.29, 1.82) is 0 Å². The van der Waals surface area contributed by atoms with Crippen LogP contribution in [0.2, 0.25) is 5.02 Å². The quantitative estimate of drug-likeness (QED) is 0.770. The van der Waals surface area contributed by atoms with Crippen molar-refractivity contribution in [1.82, 2.24) is 10.2 Å². The van der Waals surface area contributed by atoms with Crippen molar-refractivity contribution in [3.05, 3.63) is 40.8 Å². The monoisotopic (exact) mass is 210 g/mol. The van der Waals surface area contributed by atoms with Gasteiger partial charge in [0.1, 0.15) is 5.82 Å². The summed E-state index contributed by atoms with van der Waals surface area (Å²) in [5, 5.41) is 6.98. The van der Waals surface area contributed by atoms with Crippen LogP contribution in [0.5, 0.6) is 0 Å². The Labute approximate surface area is 85.7 Å². The van der Waals surface area contributed by atoms with Gasteiger partial charge in [0.2, 0.25) is 0 Å². The number of hydrogen-bond acceptors (Lipinski definition) is 1. The number of aryl methyl sites for hydroxylation is 1. The molecule has 0 radical (unpaired) electrons. The second-order valence-electron chi connectivity index (χ2n) is 3.06. The van der Waals surface area contributed by atoms with Crippen LogP contribution < -0.4 is 0 Å². The minimum absolute atomic E-state index is 0.242. The Morgan fingerprint density at radius 1 is 1.43 bits per heavy atom. The van der Waals surface area contributed by atoms with Gasteiger partial charge < -0.3 is 0 Å². The van der Waals surface area contributed by atoms with Crippen LogP contribution in [0.25, 0.3) is 11.3 Å². The summed E-state index contributed by atoms with van der Waals surface area (Å²) in [5.74, 6) is -0.242. The fraction of sp³-hybridized carbons (Fsp3) is 0.100. The van der Waals surface area contributed by atoms with E-state index >= 15 is 0 Å². The molecule has 2 nitrogen and oxygen atoms in total. The van der Waals surface area contributed by atoms with Crippen LogP contribution in [0.4, 0.5) is 4.39 Å². The van der Waals surface area contributed by atoms with Crippen LogP contribution in [0.15, 0.2) is 24.4 Å². The standard InChI is InChI=1S/C10H8ClFN2/c1-6-2-3-7(4-9(6)12)10-8(11)5-13-14-10/h2-5H,1H3,(H,13,14). The van der Waals surface area contributed by atoms with E-state index in [0.717, 1.165) is 0 Å². The Bertz CT molecular complexity index is 465. The average molecular weight is 211 g/mol. The molecule has 0 fully saturated rings. The van der Waals surface area contributed by atoms with Crippen LogP contribution >= 0.6 is 11.6 Å². The van der Waals surface area contributed by atoms with Gasteiger partial charge in [0.25, 0.3) is 0 Å². The van der Waals surface area contributed by atoms with Crippen molar-refractivity contribution in [2.75, 3.05) is 0 Å². The Balaban J connectivity index is 2.53. The fourth-order valence-electron chi connectivity index (χ4n) is 1.22. The maximum atomic E-state index is 13.2. The number of nitrogens with zero attached hydrogens (tertiary/aromatic N) is 1. The molecule has 4 heteroatoms. The van der Waals surface area contributed by atoms with E-state index in [2.05, 4.69) is 10.2 Å². The van der Waals surface area contributed by atoms with Gasteiger partial charge in [0.15, 0.2) is 0 Å². The minimum atomic E-state index is -0.242. The lowest BCUT2D eigenvalue weighted by atomic mass is 10.1. The van der Waals surface area contributed by atoms with Crippen LogP contribution in [0.3, 0.4) is 0 Å². The van der Waals surface area contributed by atoms with E-state index in [1.165, 1.54) is 12.3 Å². The van der Waals surface area contributed by atoms with Gasteiger partial charge in [-0.15, -0.1) is 0 Å². The Morgan fingerprint density at radius 3 is 2.79 bits per heavy atom. The molecule has 1 aromatic heterocycles. The van der Waals surface area contributed by atoms with E-state index in [-0.39, 0.29) is 5.82 Å². The molecule has 0 spiro atoms. The van der Waals surface area contributed by atoms with E-state index in [9.17, 15) is 4.39 Å². The second-order valence-corrected chi connectivity index (χ2v) is 3.46. The highest BCUT2D eigenvalue weighted by atomic mass is 35.5. The van der Waals surface area contributed by atoms with Crippen molar-refractivity contribution >= 4 is 11.6 Å². The first-order valence-corrected chi connectivity index (χ1v) is 4.51. The van der Waals surface area contributed by atoms with Crippen molar-refractivity contribution in [2.45, 2.75) is 6.92 Å². The second kappa shape index (κ2) is 3.42. The molecular weight excluding hydrogens is 203 g/mol. The molecule has 0 bridgehead atoms. The number of H-pyrrole nitrogens is 1. The number of aromatic nitrogens is 2. The third kappa shape index (κ3) is 1.51. The summed E-state index contributed by atoms with van der Waals surface area (Å²) in [4.78, 5) is 0. The number of benzene rings is 1. The molecule has 72 valence electrons. The zero-order valence-electron chi connectivity index (χ0n) is 7.51. The smallest absolute Gasteiger partial charge is 0.126 e. The molecule has 0 amide bonds. The predicted molar refractivity (Wildman–Crippen MR) is 53.7 cm³/mol. The van der Waals surface area contributed by atoms with Crippen molar-refractivity contribution in [2.24, 2.45) is 0 Å². The molecule has 1 heterocycles. The first-order valence-electron chi connectivity index (χ1n) is 4.14. The van der Waals surface area contributed by atoms with Crippen molar-refractivity contribution in [3.63, 3.8) is 0 Å². The Kier molecular flexibility index (Phi) is 2.25.